The molecule has 1 heterocycles. The summed E-state index contributed by atoms with van der Waals surface area (Å²) in [7, 11) is 0. The molecule has 0 aromatic heterocycles. The topological polar surface area (TPSA) is 30.5 Å². The number of ether oxygens (including phenoxy) is 2. The molecule has 0 bridgehead atoms. The number of rotatable bonds is 4. The first-order chi connectivity index (χ1) is 11.9. The second-order valence-electron chi connectivity index (χ2n) is 5.54. The van der Waals surface area contributed by atoms with Gasteiger partial charge in [-0.1, -0.05) is 36.4 Å². The minimum Gasteiger partial charge on any atom is -0.457 e. The highest BCUT2D eigenvalue weighted by atomic mass is 16.5. The van der Waals surface area contributed by atoms with Gasteiger partial charge in [-0.15, -0.1) is 0 Å². The zero-order valence-corrected chi connectivity index (χ0v) is 13.1. The van der Waals surface area contributed by atoms with Crippen LogP contribution in [-0.2, 0) is 6.54 Å². The number of nitrogens with one attached hydrogen (secondary N) is 1. The van der Waals surface area contributed by atoms with Crippen molar-refractivity contribution in [3.8, 4) is 17.2 Å². The molecule has 1 aliphatic rings. The highest BCUT2D eigenvalue weighted by Crippen LogP contribution is 2.30. The van der Waals surface area contributed by atoms with Crippen LogP contribution < -0.4 is 14.8 Å². The fourth-order valence-corrected chi connectivity index (χ4v) is 2.68. The zero-order valence-electron chi connectivity index (χ0n) is 13.1. The first kappa shape index (κ1) is 14.4. The van der Waals surface area contributed by atoms with Crippen molar-refractivity contribution in [1.29, 1.82) is 0 Å². The molecular formula is C21H17NO2. The summed E-state index contributed by atoms with van der Waals surface area (Å²) in [6, 6.07) is 25.6. The Morgan fingerprint density at radius 2 is 1.33 bits per heavy atom. The molecule has 0 atom stereocenters. The quantitative estimate of drug-likeness (QED) is 0.738. The average molecular weight is 315 g/mol. The Hall–Kier alpha value is -3.20. The maximum absolute atomic E-state index is 6.00. The summed E-state index contributed by atoms with van der Waals surface area (Å²) in [6.07, 6.45) is 1.91. The van der Waals surface area contributed by atoms with Gasteiger partial charge in [0.05, 0.1) is 0 Å². The SMILES string of the molecule is C1=C(Oc2ccccc2)c2ccc(Oc3ccccc3)cc2CN1. The summed E-state index contributed by atoms with van der Waals surface area (Å²) in [5.74, 6) is 3.29. The van der Waals surface area contributed by atoms with Crippen LogP contribution in [0.3, 0.4) is 0 Å². The number of para-hydroxylation sites is 2. The van der Waals surface area contributed by atoms with E-state index >= 15 is 0 Å². The van der Waals surface area contributed by atoms with Crippen molar-refractivity contribution in [2.75, 3.05) is 0 Å². The Kier molecular flexibility index (Phi) is 3.90. The maximum atomic E-state index is 6.00. The standard InChI is InChI=1S/C21H17NO2/c1-3-7-17(8-4-1)23-19-11-12-20-16(13-19)14-22-15-21(20)24-18-9-5-2-6-10-18/h1-13,15,22H,14H2. The van der Waals surface area contributed by atoms with Crippen molar-refractivity contribution in [2.45, 2.75) is 6.54 Å². The Morgan fingerprint density at radius 3 is 2.04 bits per heavy atom. The molecule has 0 aliphatic carbocycles. The van der Waals surface area contributed by atoms with E-state index < -0.39 is 0 Å². The summed E-state index contributed by atoms with van der Waals surface area (Å²) >= 11 is 0. The van der Waals surface area contributed by atoms with E-state index in [0.717, 1.165) is 40.7 Å². The number of hydrogen-bond donors (Lipinski definition) is 1. The third-order valence-corrected chi connectivity index (χ3v) is 3.82. The molecule has 118 valence electrons. The molecule has 0 fully saturated rings. The largest absolute Gasteiger partial charge is 0.457 e. The molecule has 0 saturated carbocycles. The van der Waals surface area contributed by atoms with Gasteiger partial charge in [0.25, 0.3) is 0 Å². The van der Waals surface area contributed by atoms with Crippen LogP contribution in [0.15, 0.2) is 85.1 Å². The van der Waals surface area contributed by atoms with Crippen LogP contribution >= 0.6 is 0 Å². The molecule has 3 heteroatoms. The lowest BCUT2D eigenvalue weighted by molar-refractivity contribution is 0.480. The van der Waals surface area contributed by atoms with Crippen LogP contribution in [0.5, 0.6) is 17.2 Å². The molecule has 4 rings (SSSR count). The lowest BCUT2D eigenvalue weighted by atomic mass is 10.0. The summed E-state index contributed by atoms with van der Waals surface area (Å²) in [5.41, 5.74) is 2.23. The molecule has 3 nitrogen and oxygen atoms in total. The van der Waals surface area contributed by atoms with Crippen LogP contribution in [-0.4, -0.2) is 0 Å². The molecule has 3 aromatic carbocycles. The van der Waals surface area contributed by atoms with Crippen molar-refractivity contribution in [2.24, 2.45) is 0 Å². The van der Waals surface area contributed by atoms with Gasteiger partial charge in [-0.25, -0.2) is 0 Å². The van der Waals surface area contributed by atoms with Gasteiger partial charge in [-0.2, -0.15) is 0 Å². The molecular weight excluding hydrogens is 298 g/mol. The van der Waals surface area contributed by atoms with Crippen LogP contribution in [0.2, 0.25) is 0 Å². The molecule has 0 amide bonds. The third-order valence-electron chi connectivity index (χ3n) is 3.82. The second kappa shape index (κ2) is 6.50. The van der Waals surface area contributed by atoms with E-state index in [4.69, 9.17) is 9.47 Å². The van der Waals surface area contributed by atoms with Gasteiger partial charge in [0, 0.05) is 18.3 Å². The summed E-state index contributed by atoms with van der Waals surface area (Å²) < 4.78 is 11.9. The van der Waals surface area contributed by atoms with E-state index in [2.05, 4.69) is 11.4 Å². The average Bonchev–Trinajstić information content (AvgIpc) is 2.63. The van der Waals surface area contributed by atoms with E-state index in [1.54, 1.807) is 0 Å². The first-order valence-electron chi connectivity index (χ1n) is 7.91. The van der Waals surface area contributed by atoms with Gasteiger partial charge in [-0.3, -0.25) is 0 Å². The fraction of sp³-hybridized carbons (Fsp3) is 0.0476. The maximum Gasteiger partial charge on any atom is 0.150 e. The zero-order chi connectivity index (χ0) is 16.2. The Balaban J connectivity index is 1.58. The normalized spacial score (nSPS) is 12.6. The van der Waals surface area contributed by atoms with E-state index in [1.165, 1.54) is 0 Å². The second-order valence-corrected chi connectivity index (χ2v) is 5.54. The Labute approximate surface area is 141 Å². The van der Waals surface area contributed by atoms with Gasteiger partial charge in [0.15, 0.2) is 5.76 Å². The van der Waals surface area contributed by atoms with Gasteiger partial charge < -0.3 is 14.8 Å². The fourth-order valence-electron chi connectivity index (χ4n) is 2.68. The van der Waals surface area contributed by atoms with Gasteiger partial charge in [-0.05, 0) is 48.0 Å². The van der Waals surface area contributed by atoms with E-state index in [9.17, 15) is 0 Å². The minimum absolute atomic E-state index is 0.753. The molecule has 0 saturated heterocycles. The predicted octanol–water partition coefficient (Wildman–Crippen LogP) is 4.96. The highest BCUT2D eigenvalue weighted by molar-refractivity contribution is 5.67. The molecule has 0 unspecified atom stereocenters. The van der Waals surface area contributed by atoms with Gasteiger partial charge in [0.1, 0.15) is 17.2 Å². The smallest absolute Gasteiger partial charge is 0.150 e. The van der Waals surface area contributed by atoms with Crippen LogP contribution in [0, 0.1) is 0 Å². The lowest BCUT2D eigenvalue weighted by Gasteiger charge is -2.20. The number of fused-ring (bicyclic) bond motifs is 1. The Morgan fingerprint density at radius 1 is 0.667 bits per heavy atom. The number of benzene rings is 3. The van der Waals surface area contributed by atoms with Crippen LogP contribution in [0.25, 0.3) is 5.76 Å². The predicted molar refractivity (Wildman–Crippen MR) is 94.8 cm³/mol. The molecule has 24 heavy (non-hydrogen) atoms. The highest BCUT2D eigenvalue weighted by Gasteiger charge is 2.15. The molecule has 1 aliphatic heterocycles. The summed E-state index contributed by atoms with van der Waals surface area (Å²) in [4.78, 5) is 0. The summed E-state index contributed by atoms with van der Waals surface area (Å²) in [5, 5.41) is 3.26. The molecule has 3 aromatic rings. The number of hydrogen-bond acceptors (Lipinski definition) is 3. The Bertz CT molecular complexity index is 858. The van der Waals surface area contributed by atoms with Crippen molar-refractivity contribution in [3.63, 3.8) is 0 Å². The van der Waals surface area contributed by atoms with Crippen LogP contribution in [0.1, 0.15) is 11.1 Å². The lowest BCUT2D eigenvalue weighted by Crippen LogP contribution is -2.16. The minimum atomic E-state index is 0.753. The van der Waals surface area contributed by atoms with Crippen molar-refractivity contribution < 1.29 is 9.47 Å². The van der Waals surface area contributed by atoms with Gasteiger partial charge in [0.2, 0.25) is 0 Å². The molecule has 0 radical (unpaired) electrons. The van der Waals surface area contributed by atoms with Crippen molar-refractivity contribution >= 4 is 5.76 Å². The van der Waals surface area contributed by atoms with E-state index in [1.807, 2.05) is 79.0 Å². The van der Waals surface area contributed by atoms with E-state index in [0.29, 0.717) is 0 Å². The van der Waals surface area contributed by atoms with Crippen molar-refractivity contribution in [3.05, 3.63) is 96.2 Å². The van der Waals surface area contributed by atoms with Gasteiger partial charge >= 0.3 is 0 Å². The van der Waals surface area contributed by atoms with Crippen molar-refractivity contribution in [1.82, 2.24) is 5.32 Å². The molecule has 1 N–H and O–H groups in total. The monoisotopic (exact) mass is 315 g/mol. The summed E-state index contributed by atoms with van der Waals surface area (Å²) in [6.45, 7) is 0.753. The molecule has 0 spiro atoms. The first-order valence-corrected chi connectivity index (χ1v) is 7.91. The third kappa shape index (κ3) is 3.10. The van der Waals surface area contributed by atoms with Crippen LogP contribution in [0.4, 0.5) is 0 Å². The van der Waals surface area contributed by atoms with E-state index in [-0.39, 0.29) is 0 Å².